The summed E-state index contributed by atoms with van der Waals surface area (Å²) in [5.41, 5.74) is 6.61. The largest absolute Gasteiger partial charge is 0.388 e. The van der Waals surface area contributed by atoms with E-state index in [1.54, 1.807) is 0 Å². The fraction of sp³-hybridized carbons (Fsp3) is 0.211. The molecule has 0 saturated carbocycles. The van der Waals surface area contributed by atoms with Gasteiger partial charge in [0, 0.05) is 30.3 Å². The van der Waals surface area contributed by atoms with E-state index in [0.29, 0.717) is 5.71 Å². The van der Waals surface area contributed by atoms with Gasteiger partial charge in [-0.15, -0.1) is 0 Å². The van der Waals surface area contributed by atoms with Gasteiger partial charge >= 0.3 is 0 Å². The zero-order valence-corrected chi connectivity index (χ0v) is 14.1. The van der Waals surface area contributed by atoms with Gasteiger partial charge in [-0.2, -0.15) is 0 Å². The normalized spacial score (nSPS) is 10.7. The molecule has 0 aliphatic rings. The van der Waals surface area contributed by atoms with Crippen LogP contribution in [0.25, 0.3) is 0 Å². The van der Waals surface area contributed by atoms with Crippen LogP contribution in [-0.4, -0.2) is 20.6 Å². The molecule has 0 aliphatic carbocycles. The van der Waals surface area contributed by atoms with Crippen LogP contribution in [0.5, 0.6) is 0 Å². The molecule has 3 N–H and O–H groups in total. The maximum atomic E-state index is 8.09. The second kappa shape index (κ2) is 8.23. The third kappa shape index (κ3) is 5.03. The lowest BCUT2D eigenvalue weighted by atomic mass is 9.87. The summed E-state index contributed by atoms with van der Waals surface area (Å²) in [5.74, 6) is 0. The summed E-state index contributed by atoms with van der Waals surface area (Å²) in [5, 5.41) is 14.5. The Balaban J connectivity index is 1.88. The monoisotopic (exact) mass is 305 g/mol. The van der Waals surface area contributed by atoms with Gasteiger partial charge in [-0.3, -0.25) is 0 Å². The molecule has 0 radical (unpaired) electrons. The van der Waals surface area contributed by atoms with Gasteiger partial charge in [-0.05, 0) is 49.6 Å². The van der Waals surface area contributed by atoms with Crippen LogP contribution in [0.15, 0.2) is 54.7 Å². The van der Waals surface area contributed by atoms with Crippen LogP contribution in [0, 0.1) is 12.3 Å². The van der Waals surface area contributed by atoms with Crippen LogP contribution in [0.2, 0.25) is 0 Å². The van der Waals surface area contributed by atoms with Gasteiger partial charge in [0.2, 0.25) is 0 Å². The maximum Gasteiger partial charge on any atom is 0.139 e. The molecule has 4 heteroatoms. The summed E-state index contributed by atoms with van der Waals surface area (Å²) < 4.78 is 0. The van der Waals surface area contributed by atoms with Crippen LogP contribution in [0.1, 0.15) is 17.5 Å². The molecule has 0 aliphatic heterocycles. The van der Waals surface area contributed by atoms with Crippen molar-refractivity contribution in [3.63, 3.8) is 0 Å². The molecule has 3 nitrogen and oxygen atoms in total. The Morgan fingerprint density at radius 1 is 1.17 bits per heavy atom. The first-order chi connectivity index (χ1) is 11.1. The van der Waals surface area contributed by atoms with Crippen molar-refractivity contribution in [2.45, 2.75) is 19.8 Å². The highest BCUT2D eigenvalue weighted by Crippen LogP contribution is 2.14. The van der Waals surface area contributed by atoms with E-state index in [1.807, 2.05) is 31.5 Å². The fourth-order valence-electron chi connectivity index (χ4n) is 2.50. The smallest absolute Gasteiger partial charge is 0.139 e. The van der Waals surface area contributed by atoms with Crippen molar-refractivity contribution < 1.29 is 0 Å². The minimum atomic E-state index is 0.620. The van der Waals surface area contributed by atoms with Crippen molar-refractivity contribution in [3.8, 4) is 0 Å². The van der Waals surface area contributed by atoms with E-state index < -0.39 is 0 Å². The Kier molecular flexibility index (Phi) is 6.04. The number of rotatable bonds is 7. The predicted molar refractivity (Wildman–Crippen MR) is 104 cm³/mol. The van der Waals surface area contributed by atoms with Crippen molar-refractivity contribution in [2.75, 3.05) is 17.7 Å². The standard InChI is InChI=1S/C19H24BN3/c1-14-6-9-16(10-7-14)23-13-12-15(21)8-11-17-18(20)4-3-5-19(17)22-2/h3-7,9-10,12-13,21-23H,8,11,20H2,1-2H3/b13-12-,21-15?. The second-order valence-electron chi connectivity index (χ2n) is 5.72. The van der Waals surface area contributed by atoms with Gasteiger partial charge in [-0.25, -0.2) is 0 Å². The quantitative estimate of drug-likeness (QED) is 0.544. The number of allylic oxidation sites excluding steroid dienone is 1. The lowest BCUT2D eigenvalue weighted by Crippen LogP contribution is -2.14. The minimum Gasteiger partial charge on any atom is -0.388 e. The van der Waals surface area contributed by atoms with Gasteiger partial charge in [-0.1, -0.05) is 35.3 Å². The highest BCUT2D eigenvalue weighted by molar-refractivity contribution is 6.33. The van der Waals surface area contributed by atoms with E-state index >= 15 is 0 Å². The van der Waals surface area contributed by atoms with Gasteiger partial charge in [0.05, 0.1) is 0 Å². The van der Waals surface area contributed by atoms with Crippen LogP contribution in [0.3, 0.4) is 0 Å². The van der Waals surface area contributed by atoms with E-state index in [9.17, 15) is 0 Å². The Morgan fingerprint density at radius 2 is 1.91 bits per heavy atom. The Hall–Kier alpha value is -2.49. The summed E-state index contributed by atoms with van der Waals surface area (Å²) in [4.78, 5) is 0. The van der Waals surface area contributed by atoms with Gasteiger partial charge in [0.15, 0.2) is 0 Å². The molecule has 0 spiro atoms. The molecule has 23 heavy (non-hydrogen) atoms. The molecule has 0 unspecified atom stereocenters. The van der Waals surface area contributed by atoms with Crippen molar-refractivity contribution in [1.29, 1.82) is 5.41 Å². The van der Waals surface area contributed by atoms with Crippen LogP contribution in [0.4, 0.5) is 11.4 Å². The van der Waals surface area contributed by atoms with E-state index in [4.69, 9.17) is 5.41 Å². The summed E-state index contributed by atoms with van der Waals surface area (Å²) in [6, 6.07) is 14.5. The maximum absolute atomic E-state index is 8.09. The zero-order valence-electron chi connectivity index (χ0n) is 14.1. The molecule has 0 fully saturated rings. The molecule has 0 aromatic heterocycles. The second-order valence-corrected chi connectivity index (χ2v) is 5.72. The number of hydrogen-bond donors (Lipinski definition) is 3. The van der Waals surface area contributed by atoms with Crippen molar-refractivity contribution in [3.05, 3.63) is 65.9 Å². The fourth-order valence-corrected chi connectivity index (χ4v) is 2.50. The van der Waals surface area contributed by atoms with Crippen LogP contribution >= 0.6 is 0 Å². The third-order valence-electron chi connectivity index (χ3n) is 3.91. The highest BCUT2D eigenvalue weighted by Gasteiger charge is 2.04. The molecular weight excluding hydrogens is 281 g/mol. The first kappa shape index (κ1) is 16.9. The van der Waals surface area contributed by atoms with Crippen LogP contribution in [-0.2, 0) is 6.42 Å². The molecule has 0 saturated heterocycles. The molecule has 0 amide bonds. The highest BCUT2D eigenvalue weighted by atomic mass is 14.8. The van der Waals surface area contributed by atoms with E-state index in [-0.39, 0.29) is 0 Å². The molecule has 2 aromatic carbocycles. The number of anilines is 2. The number of nitrogens with one attached hydrogen (secondary N) is 3. The zero-order chi connectivity index (χ0) is 16.7. The van der Waals surface area contributed by atoms with E-state index in [1.165, 1.54) is 16.6 Å². The average molecular weight is 305 g/mol. The molecule has 2 aromatic rings. The van der Waals surface area contributed by atoms with Gasteiger partial charge < -0.3 is 16.0 Å². The Bertz CT molecular complexity index is 690. The topological polar surface area (TPSA) is 47.9 Å². The van der Waals surface area contributed by atoms with Crippen molar-refractivity contribution in [1.82, 2.24) is 0 Å². The Labute approximate surface area is 139 Å². The number of benzene rings is 2. The number of hydrogen-bond acceptors (Lipinski definition) is 3. The minimum absolute atomic E-state index is 0.620. The van der Waals surface area contributed by atoms with E-state index in [0.717, 1.165) is 24.2 Å². The summed E-state index contributed by atoms with van der Waals surface area (Å²) in [6.07, 6.45) is 5.27. The Morgan fingerprint density at radius 3 is 2.61 bits per heavy atom. The molecule has 2 rings (SSSR count). The molecule has 118 valence electrons. The first-order valence-corrected chi connectivity index (χ1v) is 7.93. The van der Waals surface area contributed by atoms with Crippen LogP contribution < -0.4 is 16.1 Å². The summed E-state index contributed by atoms with van der Waals surface area (Å²) >= 11 is 0. The molecule has 0 heterocycles. The first-order valence-electron chi connectivity index (χ1n) is 7.93. The van der Waals surface area contributed by atoms with Gasteiger partial charge in [0.1, 0.15) is 7.85 Å². The molecule has 0 atom stereocenters. The summed E-state index contributed by atoms with van der Waals surface area (Å²) in [6.45, 7) is 2.07. The van der Waals surface area contributed by atoms with Crippen molar-refractivity contribution in [2.24, 2.45) is 0 Å². The van der Waals surface area contributed by atoms with Crippen molar-refractivity contribution >= 4 is 30.4 Å². The third-order valence-corrected chi connectivity index (χ3v) is 3.91. The van der Waals surface area contributed by atoms with Gasteiger partial charge in [0.25, 0.3) is 0 Å². The molecule has 0 bridgehead atoms. The lowest BCUT2D eigenvalue weighted by Gasteiger charge is -2.12. The predicted octanol–water partition coefficient (Wildman–Crippen LogP) is 2.87. The van der Waals surface area contributed by atoms with E-state index in [2.05, 4.69) is 55.7 Å². The summed E-state index contributed by atoms with van der Waals surface area (Å²) in [7, 11) is 4.06. The number of aryl methyl sites for hydroxylation is 1. The molecular formula is C19H24BN3. The SMILES string of the molecule is Bc1cccc(NC)c1CCC(=N)/C=C\Nc1ccc(C)cc1. The average Bonchev–Trinajstić information content (AvgIpc) is 2.55. The lowest BCUT2D eigenvalue weighted by molar-refractivity contribution is 1.04.